The first-order valence-electron chi connectivity index (χ1n) is 12.6. The first-order valence-corrected chi connectivity index (χ1v) is 15.2. The third kappa shape index (κ3) is 6.15. The second-order valence-electron chi connectivity index (χ2n) is 9.06. The molecule has 5 aromatic rings. The van der Waals surface area contributed by atoms with Crippen LogP contribution < -0.4 is 15.9 Å². The van der Waals surface area contributed by atoms with E-state index < -0.39 is 6.89 Å². The average Bonchev–Trinajstić information content (AvgIpc) is 2.99. The SMILES string of the molecule is C/C(C=P(c1ccccc1)(c1ccccc1)c1ccccc1)=N\N=C(c1ccc(Cl)cc1)c1ccc(Cl)cc1. The number of hydrogen-bond donors (Lipinski definition) is 0. The minimum Gasteiger partial charge on any atom is -0.155 e. The molecule has 192 valence electrons. The van der Waals surface area contributed by atoms with Crippen LogP contribution in [0.4, 0.5) is 0 Å². The van der Waals surface area contributed by atoms with Crippen molar-refractivity contribution < 1.29 is 0 Å². The Morgan fingerprint density at radius 2 is 0.872 bits per heavy atom. The molecule has 0 N–H and O–H groups in total. The molecule has 0 fully saturated rings. The quantitative estimate of drug-likeness (QED) is 0.109. The highest BCUT2D eigenvalue weighted by atomic mass is 35.5. The van der Waals surface area contributed by atoms with Crippen LogP contribution in [-0.4, -0.2) is 17.2 Å². The molecule has 0 aliphatic carbocycles. The van der Waals surface area contributed by atoms with Gasteiger partial charge in [-0.1, -0.05) is 138 Å². The molecule has 0 saturated heterocycles. The molecular formula is C34H27Cl2N2P. The minimum absolute atomic E-state index is 0.672. The van der Waals surface area contributed by atoms with E-state index in [9.17, 15) is 0 Å². The first kappa shape index (κ1) is 26.9. The van der Waals surface area contributed by atoms with Crippen molar-refractivity contribution in [3.05, 3.63) is 161 Å². The molecule has 39 heavy (non-hydrogen) atoms. The Bertz CT molecular complexity index is 1490. The molecule has 0 aromatic heterocycles. The van der Waals surface area contributed by atoms with Crippen LogP contribution in [0.5, 0.6) is 0 Å². The summed E-state index contributed by atoms with van der Waals surface area (Å²) < 4.78 is 0. The van der Waals surface area contributed by atoms with Gasteiger partial charge in [-0.25, -0.2) is 0 Å². The minimum atomic E-state index is -2.19. The number of nitrogens with zero attached hydrogens (tertiary/aromatic N) is 2. The van der Waals surface area contributed by atoms with Gasteiger partial charge in [0.1, 0.15) is 5.71 Å². The Kier molecular flexibility index (Phi) is 8.59. The van der Waals surface area contributed by atoms with E-state index in [4.69, 9.17) is 33.4 Å². The van der Waals surface area contributed by atoms with Gasteiger partial charge in [-0.15, -0.1) is 5.10 Å². The Labute approximate surface area is 240 Å². The molecule has 5 aromatic carbocycles. The van der Waals surface area contributed by atoms with Crippen LogP contribution in [0.25, 0.3) is 0 Å². The summed E-state index contributed by atoms with van der Waals surface area (Å²) >= 11 is 12.3. The Morgan fingerprint density at radius 1 is 0.513 bits per heavy atom. The van der Waals surface area contributed by atoms with Gasteiger partial charge in [0.2, 0.25) is 0 Å². The van der Waals surface area contributed by atoms with Crippen LogP contribution in [0.2, 0.25) is 10.0 Å². The Hall–Kier alpha value is -3.68. The van der Waals surface area contributed by atoms with E-state index in [1.165, 1.54) is 15.9 Å². The Balaban J connectivity index is 1.73. The molecule has 0 saturated carbocycles. The van der Waals surface area contributed by atoms with E-state index in [0.29, 0.717) is 10.0 Å². The lowest BCUT2D eigenvalue weighted by atomic mass is 10.0. The van der Waals surface area contributed by atoms with Crippen molar-refractivity contribution in [1.82, 2.24) is 0 Å². The van der Waals surface area contributed by atoms with Gasteiger partial charge in [0, 0.05) is 21.2 Å². The summed E-state index contributed by atoms with van der Waals surface area (Å²) in [6, 6.07) is 47.4. The number of benzene rings is 5. The maximum atomic E-state index is 6.17. The zero-order valence-electron chi connectivity index (χ0n) is 21.5. The third-order valence-electron chi connectivity index (χ3n) is 6.41. The fraction of sp³-hybridized carbons (Fsp3) is 0.0294. The summed E-state index contributed by atoms with van der Waals surface area (Å²) in [5.41, 5.74) is 3.43. The van der Waals surface area contributed by atoms with E-state index in [0.717, 1.165) is 22.6 Å². The normalized spacial score (nSPS) is 11.6. The van der Waals surface area contributed by atoms with Gasteiger partial charge in [0.05, 0.1) is 5.71 Å². The maximum Gasteiger partial charge on any atom is 0.100 e. The molecule has 2 nitrogen and oxygen atoms in total. The van der Waals surface area contributed by atoms with Gasteiger partial charge in [0.15, 0.2) is 0 Å². The van der Waals surface area contributed by atoms with E-state index in [-0.39, 0.29) is 0 Å². The van der Waals surface area contributed by atoms with Gasteiger partial charge >= 0.3 is 0 Å². The standard InChI is InChI=1S/C34H27Cl2N2P/c1-26(37-38-34(27-17-21-29(35)22-18-27)28-19-23-30(36)24-20-28)25-39(31-11-5-2-6-12-31,32-13-7-3-8-14-32)33-15-9-4-10-16-33/h2-25H,1H3/b37-26+. The molecule has 0 amide bonds. The Morgan fingerprint density at radius 3 is 1.23 bits per heavy atom. The molecule has 0 bridgehead atoms. The molecule has 0 radical (unpaired) electrons. The molecule has 0 heterocycles. The van der Waals surface area contributed by atoms with Gasteiger partial charge in [-0.05, 0) is 59.8 Å². The highest BCUT2D eigenvalue weighted by Gasteiger charge is 2.25. The third-order valence-corrected chi connectivity index (χ3v) is 11.0. The summed E-state index contributed by atoms with van der Waals surface area (Å²) in [5, 5.41) is 14.7. The van der Waals surface area contributed by atoms with Gasteiger partial charge in [0.25, 0.3) is 0 Å². The van der Waals surface area contributed by atoms with Crippen LogP contribution in [0.3, 0.4) is 0 Å². The predicted octanol–water partition coefficient (Wildman–Crippen LogP) is 8.00. The van der Waals surface area contributed by atoms with E-state index in [1.54, 1.807) is 0 Å². The molecule has 5 heteroatoms. The average molecular weight is 565 g/mol. The van der Waals surface area contributed by atoms with Crippen molar-refractivity contribution in [1.29, 1.82) is 0 Å². The second-order valence-corrected chi connectivity index (χ2v) is 13.2. The summed E-state index contributed by atoms with van der Waals surface area (Å²) in [7, 11) is 0. The number of rotatable bonds is 7. The topological polar surface area (TPSA) is 24.7 Å². The molecule has 0 aliphatic heterocycles. The van der Waals surface area contributed by atoms with Crippen molar-refractivity contribution in [3.8, 4) is 0 Å². The molecule has 0 aliphatic rings. The second kappa shape index (κ2) is 12.5. The van der Waals surface area contributed by atoms with E-state index >= 15 is 0 Å². The lowest BCUT2D eigenvalue weighted by Crippen LogP contribution is -2.28. The predicted molar refractivity (Wildman–Crippen MR) is 173 cm³/mol. The molecule has 5 rings (SSSR count). The largest absolute Gasteiger partial charge is 0.155 e. The maximum absolute atomic E-state index is 6.17. The first-order chi connectivity index (χ1) is 19.1. The fourth-order valence-electron chi connectivity index (χ4n) is 4.59. The van der Waals surface area contributed by atoms with Crippen LogP contribution >= 0.6 is 30.1 Å². The van der Waals surface area contributed by atoms with Gasteiger partial charge in [-0.3, -0.25) is 0 Å². The van der Waals surface area contributed by atoms with Crippen LogP contribution in [0.1, 0.15) is 18.1 Å². The highest BCUT2D eigenvalue weighted by molar-refractivity contribution is 7.95. The molecule has 0 atom stereocenters. The molecule has 0 spiro atoms. The lowest BCUT2D eigenvalue weighted by Gasteiger charge is -2.28. The summed E-state index contributed by atoms with van der Waals surface area (Å²) in [5.74, 6) is 2.32. The van der Waals surface area contributed by atoms with Crippen molar-refractivity contribution in [2.45, 2.75) is 6.92 Å². The van der Waals surface area contributed by atoms with Crippen LogP contribution in [-0.2, 0) is 0 Å². The summed E-state index contributed by atoms with van der Waals surface area (Å²) in [4.78, 5) is 0. The molecular weight excluding hydrogens is 538 g/mol. The fourth-order valence-corrected chi connectivity index (χ4v) is 8.73. The van der Waals surface area contributed by atoms with Crippen molar-refractivity contribution >= 4 is 63.2 Å². The van der Waals surface area contributed by atoms with Crippen molar-refractivity contribution in [2.24, 2.45) is 10.2 Å². The monoisotopic (exact) mass is 564 g/mol. The smallest absolute Gasteiger partial charge is 0.100 e. The number of hydrogen-bond acceptors (Lipinski definition) is 2. The van der Waals surface area contributed by atoms with Gasteiger partial charge < -0.3 is 0 Å². The van der Waals surface area contributed by atoms with E-state index in [1.807, 2.05) is 55.5 Å². The molecule has 0 unspecified atom stereocenters. The zero-order chi connectivity index (χ0) is 27.1. The van der Waals surface area contributed by atoms with Crippen LogP contribution in [0.15, 0.2) is 150 Å². The lowest BCUT2D eigenvalue weighted by molar-refractivity contribution is 1.23. The summed E-state index contributed by atoms with van der Waals surface area (Å²) in [6.45, 7) is -0.164. The zero-order valence-corrected chi connectivity index (χ0v) is 23.9. The highest BCUT2D eigenvalue weighted by Crippen LogP contribution is 2.43. The van der Waals surface area contributed by atoms with Crippen molar-refractivity contribution in [2.75, 3.05) is 0 Å². The number of halogens is 2. The van der Waals surface area contributed by atoms with Gasteiger partial charge in [-0.2, -0.15) is 5.10 Å². The van der Waals surface area contributed by atoms with E-state index in [2.05, 4.69) is 96.8 Å². The van der Waals surface area contributed by atoms with Crippen LogP contribution in [0, 0.1) is 0 Å². The van der Waals surface area contributed by atoms with Crippen molar-refractivity contribution in [3.63, 3.8) is 0 Å². The summed E-state index contributed by atoms with van der Waals surface area (Å²) in [6.07, 6.45) is 0.